The zero-order chi connectivity index (χ0) is 105. The quantitative estimate of drug-likeness (QED) is 0.0860. The number of H-pyrrole nitrogens is 1. The van der Waals surface area contributed by atoms with Gasteiger partial charge in [-0.1, -0.05) is 317 Å². The number of ether oxygens (including phenoxy) is 3. The summed E-state index contributed by atoms with van der Waals surface area (Å²) < 4.78 is 76.0. The first-order valence-electron chi connectivity index (χ1n) is 47.4. The Balaban J connectivity index is 0.000000274. The van der Waals surface area contributed by atoms with Crippen LogP contribution in [0.15, 0.2) is 201 Å². The first kappa shape index (κ1) is 119. The first-order valence-corrected chi connectivity index (χ1v) is 53.1. The third-order valence-corrected chi connectivity index (χ3v) is 26.9. The van der Waals surface area contributed by atoms with Crippen molar-refractivity contribution in [2.75, 3.05) is 41.9 Å². The molecule has 756 valence electrons. The number of sulfone groups is 1. The van der Waals surface area contributed by atoms with Gasteiger partial charge >= 0.3 is 0 Å². The highest BCUT2D eigenvalue weighted by Gasteiger charge is 2.31. The molecule has 1 aliphatic rings. The van der Waals surface area contributed by atoms with E-state index >= 15 is 0 Å². The minimum absolute atomic E-state index is 0.00466. The number of methoxy groups -OCH3 is 1. The number of imidazole rings is 1. The molecule has 25 heteroatoms. The predicted molar refractivity (Wildman–Crippen MR) is 579 cm³/mol. The maximum Gasteiger partial charge on any atom is 0.248 e. The Morgan fingerprint density at radius 3 is 1.64 bits per heavy atom. The zero-order valence-corrected chi connectivity index (χ0v) is 93.8. The second-order valence-corrected chi connectivity index (χ2v) is 52.4. The molecular weight excluding hydrogens is 1820 g/mol. The number of fused-ring (bicyclic) bond motifs is 1. The number of aromatic nitrogens is 6. The van der Waals surface area contributed by atoms with Crippen LogP contribution in [0.3, 0.4) is 0 Å². The fourth-order valence-corrected chi connectivity index (χ4v) is 17.2. The molecule has 5 aromatic heterocycles. The Kier molecular flexibility index (Phi) is 42.9. The van der Waals surface area contributed by atoms with Crippen LogP contribution in [0.5, 0.6) is 17.2 Å². The van der Waals surface area contributed by atoms with Crippen molar-refractivity contribution in [1.29, 1.82) is 0 Å². The maximum absolute atomic E-state index is 11.8. The Bertz CT molecular complexity index is 5970. The van der Waals surface area contributed by atoms with Gasteiger partial charge in [0.05, 0.1) is 79.5 Å². The average molecular weight is 1990 g/mol. The van der Waals surface area contributed by atoms with Crippen LogP contribution >= 0.6 is 34.3 Å². The number of amides is 2. The summed E-state index contributed by atoms with van der Waals surface area (Å²) in [5, 5.41) is 13.7. The summed E-state index contributed by atoms with van der Waals surface area (Å²) in [6.07, 6.45) is 5.23. The lowest BCUT2D eigenvalue weighted by Gasteiger charge is -2.28. The maximum atomic E-state index is 11.8. The molecule has 1 aliphatic heterocycles. The van der Waals surface area contributed by atoms with E-state index < -0.39 is 25.8 Å². The highest BCUT2D eigenvalue weighted by molar-refractivity contribution is 7.93. The molecule has 6 heterocycles. The van der Waals surface area contributed by atoms with Gasteiger partial charge in [0.15, 0.2) is 20.7 Å². The van der Waals surface area contributed by atoms with Crippen molar-refractivity contribution in [1.82, 2.24) is 30.1 Å². The number of rotatable bonds is 15. The van der Waals surface area contributed by atoms with Gasteiger partial charge in [-0.25, -0.2) is 36.8 Å². The second-order valence-electron chi connectivity index (χ2n) is 46.2. The number of nitrogens with one attached hydrogen (secondary N) is 2. The highest BCUT2D eigenvalue weighted by Crippen LogP contribution is 2.38. The number of hydrogen-bond acceptors (Lipinski definition) is 18. The number of aromatic amines is 1. The fraction of sp³-hybridized carbons (Fsp3) is 0.496. The number of anilines is 2. The van der Waals surface area contributed by atoms with Gasteiger partial charge in [0.2, 0.25) is 27.7 Å². The van der Waals surface area contributed by atoms with Crippen molar-refractivity contribution >= 4 is 87.8 Å². The number of hydrogen-bond donors (Lipinski definition) is 3. The molecular formula is C113H162ClN9O11S4. The van der Waals surface area contributed by atoms with Crippen LogP contribution in [0.2, 0.25) is 5.02 Å². The molecule has 1 saturated heterocycles. The van der Waals surface area contributed by atoms with E-state index in [-0.39, 0.29) is 72.4 Å². The summed E-state index contributed by atoms with van der Waals surface area (Å²) >= 11 is 9.26. The Hall–Kier alpha value is -9.98. The summed E-state index contributed by atoms with van der Waals surface area (Å²) in [6.45, 7) is 75.5. The number of oxazole rings is 1. The van der Waals surface area contributed by atoms with E-state index in [0.29, 0.717) is 45.1 Å². The molecule has 13 rings (SSSR count). The second kappa shape index (κ2) is 49.9. The molecule has 2 amide bonds. The van der Waals surface area contributed by atoms with Crippen LogP contribution in [0, 0.1) is 41.4 Å². The van der Waals surface area contributed by atoms with Crippen LogP contribution in [0.4, 0.5) is 10.8 Å². The van der Waals surface area contributed by atoms with E-state index in [1.807, 2.05) is 173 Å². The monoisotopic (exact) mass is 1980 g/mol. The molecule has 0 spiro atoms. The first-order chi connectivity index (χ1) is 63.3. The van der Waals surface area contributed by atoms with Crippen LogP contribution in [0.1, 0.15) is 308 Å². The molecule has 0 saturated carbocycles. The summed E-state index contributed by atoms with van der Waals surface area (Å²) in [7, 11) is -4.53. The SMILES string of the molecule is CC(C)(C)CCc1nc2ccccc2[nH]1.CC(C)(C)COc1ccc(C(N)=O)cc1.CC(C)(C)c1cccc(N2CCCS2(=O)=O)c1.CC(C)(C)c1csc(C(C)(C)C)n1.CC(C)C(=O)Nc1nc(CC(C)(C)C)cs1.CC(Oc1ccccc1Cl)C(C)(C)C.COc1ccccc1-c1cc(C(C)(C)C)no1.Cc1ccc(C(C)(C)C)cc1S(C)(=O)=O.Cc1oc(-c2ccccc2)nc1C(C)(C)C. The molecule has 138 heavy (non-hydrogen) atoms. The lowest BCUT2D eigenvalue weighted by Crippen LogP contribution is -2.28. The zero-order valence-electron chi connectivity index (χ0n) is 89.8. The normalized spacial score (nSPS) is 13.2. The van der Waals surface area contributed by atoms with E-state index in [9.17, 15) is 26.4 Å². The molecule has 7 aromatic carbocycles. The summed E-state index contributed by atoms with van der Waals surface area (Å²) in [5.74, 6) is 5.65. The number of halogens is 1. The van der Waals surface area contributed by atoms with Crippen molar-refractivity contribution in [2.24, 2.45) is 33.3 Å². The number of carbonyl (C=O) groups excluding carboxylic acids is 2. The average Bonchev–Trinajstić information content (AvgIpc) is 1.17. The standard InChI is InChI=1S/C14H17NO2.C14H17NO.C13H18N2.C13H19NO2S.C12H17ClO.C12H20N2OS.C12H17NO2.C12H18O2S.C11H19NS/c1-14(2,3)13-9-12(17-15-13)10-7-5-6-8-11(10)16-4;1-10-12(14(2,3)4)15-13(16-10)11-8-6-5-7-9-11;1-13(2,3)9-8-12-14-10-6-4-5-7-11(10)15-12;1-13(2,3)11-6-4-7-12(10-11)14-8-5-9-17(14,15)16;1-9(12(2,3)4)14-11-8-6-5-7-10(11)13;1-8(2)10(15)14-11-13-9(7-16-11)6-12(3,4)5;1-12(2,3)8-15-10-6-4-9(5-7-10)11(13)14;1-9-6-7-10(12(2,3)4)8-11(9)15(5,13)14;1-10(2,3)8-7-13-9(12-8)11(4,5)6/h5-9H,1-4H3;5-9H,1-4H3;4-7H,8-9H2,1-3H3,(H,14,15);4,6-7,10H,5,8-9H2,1-3H3;5-9H,1-4H3;7-8H,6H2,1-5H3,(H,13,14,15);4-7H,8H2,1-3H3,(H2,13,14);6-8H,1-5H3;7H,1-6H3. The molecule has 1 fully saturated rings. The number of benzene rings is 7. The largest absolute Gasteiger partial charge is 0.496 e. The minimum Gasteiger partial charge on any atom is -0.496 e. The third kappa shape index (κ3) is 41.1. The molecule has 4 N–H and O–H groups in total. The number of para-hydroxylation sites is 4. The van der Waals surface area contributed by atoms with Gasteiger partial charge in [0, 0.05) is 74.8 Å². The summed E-state index contributed by atoms with van der Waals surface area (Å²) in [4.78, 5) is 44.3. The van der Waals surface area contributed by atoms with Crippen LogP contribution < -0.4 is 29.6 Å². The minimum atomic E-state index is -3.12. The Morgan fingerprint density at radius 2 is 1.17 bits per heavy atom. The number of aryl methyl sites for hydroxylation is 3. The number of nitrogens with zero attached hydrogens (tertiary/aromatic N) is 6. The van der Waals surface area contributed by atoms with Gasteiger partial charge in [-0.3, -0.25) is 13.9 Å². The molecule has 0 radical (unpaired) electrons. The summed E-state index contributed by atoms with van der Waals surface area (Å²) in [5.41, 5.74) is 19.1. The van der Waals surface area contributed by atoms with Crippen molar-refractivity contribution in [3.63, 3.8) is 0 Å². The summed E-state index contributed by atoms with van der Waals surface area (Å²) in [6, 6.07) is 55.8. The van der Waals surface area contributed by atoms with Gasteiger partial charge in [-0.15, -0.1) is 22.7 Å². The Labute approximate surface area is 841 Å². The molecule has 20 nitrogen and oxygen atoms in total. The molecule has 1 unspecified atom stereocenters. The topological polar surface area (TPSA) is 278 Å². The fourth-order valence-electron chi connectivity index (χ4n) is 12.7. The number of thiazole rings is 2. The number of sulfonamides is 1. The number of primary amides is 1. The lowest BCUT2D eigenvalue weighted by molar-refractivity contribution is -0.118. The van der Waals surface area contributed by atoms with Crippen LogP contribution in [-0.4, -0.2) is 97.1 Å². The predicted octanol–water partition coefficient (Wildman–Crippen LogP) is 29.8. The van der Waals surface area contributed by atoms with Gasteiger partial charge < -0.3 is 39.2 Å². The van der Waals surface area contributed by atoms with E-state index in [1.54, 1.807) is 48.8 Å². The van der Waals surface area contributed by atoms with E-state index in [4.69, 9.17) is 40.5 Å². The smallest absolute Gasteiger partial charge is 0.248 e. The van der Waals surface area contributed by atoms with E-state index in [0.717, 1.165) is 122 Å². The highest BCUT2D eigenvalue weighted by atomic mass is 35.5. The van der Waals surface area contributed by atoms with E-state index in [2.05, 4.69) is 261 Å². The Morgan fingerprint density at radius 1 is 0.594 bits per heavy atom. The number of carbonyl (C=O) groups is 2. The van der Waals surface area contributed by atoms with Gasteiger partial charge in [-0.05, 0) is 180 Å². The third-order valence-electron chi connectivity index (χ3n) is 21.4. The molecule has 0 aliphatic carbocycles. The molecule has 1 atom stereocenters. The molecule has 0 bridgehead atoms. The van der Waals surface area contributed by atoms with Crippen molar-refractivity contribution < 1.29 is 49.6 Å². The molecule has 12 aromatic rings. The van der Waals surface area contributed by atoms with Crippen LogP contribution in [0.25, 0.3) is 33.8 Å². The van der Waals surface area contributed by atoms with Crippen molar-refractivity contribution in [3.8, 4) is 40.0 Å². The van der Waals surface area contributed by atoms with Gasteiger partial charge in [0.1, 0.15) is 34.9 Å². The van der Waals surface area contributed by atoms with Crippen molar-refractivity contribution in [2.45, 2.75) is 312 Å². The van der Waals surface area contributed by atoms with E-state index in [1.165, 1.54) is 32.6 Å². The van der Waals surface area contributed by atoms with Gasteiger partial charge in [-0.2, -0.15) is 0 Å². The lowest BCUT2D eigenvalue weighted by atomic mass is 9.87. The van der Waals surface area contributed by atoms with Crippen molar-refractivity contribution in [3.05, 3.63) is 253 Å². The van der Waals surface area contributed by atoms with Crippen LogP contribution in [-0.2, 0) is 70.0 Å². The van der Waals surface area contributed by atoms with Gasteiger partial charge in [0.25, 0.3) is 0 Å². The number of nitrogens with two attached hydrogens (primary N) is 1.